The fraction of sp³-hybridized carbons (Fsp3) is 0.818. The van der Waals surface area contributed by atoms with Gasteiger partial charge < -0.3 is 0 Å². The summed E-state index contributed by atoms with van der Waals surface area (Å²) in [5.74, 6) is 1.78. The first-order valence-corrected chi connectivity index (χ1v) is 4.85. The molecule has 0 amide bonds. The molecule has 0 aromatic carbocycles. The molecule has 0 heteroatoms. The molecule has 1 aliphatic carbocycles. The predicted octanol–water partition coefficient (Wildman–Crippen LogP) is 3.78. The molecule has 0 aromatic rings. The lowest BCUT2D eigenvalue weighted by Crippen LogP contribution is -2.01. The molecule has 1 saturated carbocycles. The second-order valence-corrected chi connectivity index (χ2v) is 3.96. The van der Waals surface area contributed by atoms with Gasteiger partial charge in [0.1, 0.15) is 0 Å². The number of hydrogen-bond acceptors (Lipinski definition) is 0. The molecule has 0 bridgehead atoms. The van der Waals surface area contributed by atoms with Crippen LogP contribution in [0.2, 0.25) is 0 Å². The van der Waals surface area contributed by atoms with Gasteiger partial charge in [-0.15, -0.1) is 0 Å². The fourth-order valence-electron chi connectivity index (χ4n) is 2.03. The second kappa shape index (κ2) is 3.42. The minimum absolute atomic E-state index is 0.856. The topological polar surface area (TPSA) is 0 Å². The minimum Gasteiger partial charge on any atom is -0.0741 e. The molecule has 0 aromatic heterocycles. The molecular weight excluding hydrogens is 132 g/mol. The molecule has 0 N–H and O–H groups in total. The lowest BCUT2D eigenvalue weighted by atomic mass is 9.93. The van der Waals surface area contributed by atoms with Crippen molar-refractivity contribution in [2.45, 2.75) is 47.0 Å². The van der Waals surface area contributed by atoms with Gasteiger partial charge in [-0.05, 0) is 38.0 Å². The standard InChI is InChI=1S/C11H20/c1-5-8(2)11-7-6-9(3)10(11)4/h9-10H,5-7H2,1-4H3/b11-8+. The SMILES string of the molecule is CC/C(C)=C1\CCC(C)C1C. The Balaban J connectivity index is 2.75. The van der Waals surface area contributed by atoms with Crippen molar-refractivity contribution in [3.8, 4) is 0 Å². The Bertz CT molecular complexity index is 165. The van der Waals surface area contributed by atoms with Crippen molar-refractivity contribution in [1.29, 1.82) is 0 Å². The minimum atomic E-state index is 0.856. The summed E-state index contributed by atoms with van der Waals surface area (Å²) in [5.41, 5.74) is 3.39. The van der Waals surface area contributed by atoms with Crippen LogP contribution in [0.5, 0.6) is 0 Å². The molecule has 1 rings (SSSR count). The van der Waals surface area contributed by atoms with Crippen LogP contribution in [-0.2, 0) is 0 Å². The Morgan fingerprint density at radius 3 is 2.45 bits per heavy atom. The van der Waals surface area contributed by atoms with E-state index in [0.717, 1.165) is 11.8 Å². The summed E-state index contributed by atoms with van der Waals surface area (Å²) in [6.07, 6.45) is 4.02. The molecule has 0 heterocycles. The zero-order valence-electron chi connectivity index (χ0n) is 8.28. The average Bonchev–Trinajstić information content (AvgIpc) is 2.32. The van der Waals surface area contributed by atoms with Gasteiger partial charge in [-0.1, -0.05) is 31.9 Å². The van der Waals surface area contributed by atoms with Gasteiger partial charge in [0.2, 0.25) is 0 Å². The van der Waals surface area contributed by atoms with Crippen molar-refractivity contribution in [1.82, 2.24) is 0 Å². The molecule has 0 nitrogen and oxygen atoms in total. The van der Waals surface area contributed by atoms with Gasteiger partial charge >= 0.3 is 0 Å². The van der Waals surface area contributed by atoms with Crippen molar-refractivity contribution in [3.05, 3.63) is 11.1 Å². The fourth-order valence-corrected chi connectivity index (χ4v) is 2.03. The van der Waals surface area contributed by atoms with E-state index in [4.69, 9.17) is 0 Å². The normalized spacial score (nSPS) is 36.0. The van der Waals surface area contributed by atoms with Crippen LogP contribution in [0.15, 0.2) is 11.1 Å². The van der Waals surface area contributed by atoms with Crippen molar-refractivity contribution in [2.75, 3.05) is 0 Å². The largest absolute Gasteiger partial charge is 0.0741 e. The van der Waals surface area contributed by atoms with Crippen molar-refractivity contribution in [3.63, 3.8) is 0 Å². The summed E-state index contributed by atoms with van der Waals surface area (Å²) in [4.78, 5) is 0. The third kappa shape index (κ3) is 1.66. The first-order valence-electron chi connectivity index (χ1n) is 4.85. The molecule has 2 unspecified atom stereocenters. The van der Waals surface area contributed by atoms with Gasteiger partial charge in [-0.25, -0.2) is 0 Å². The molecule has 2 atom stereocenters. The Labute approximate surface area is 70.7 Å². The van der Waals surface area contributed by atoms with Crippen molar-refractivity contribution >= 4 is 0 Å². The lowest BCUT2D eigenvalue weighted by molar-refractivity contribution is 0.491. The van der Waals surface area contributed by atoms with Crippen LogP contribution in [0.3, 0.4) is 0 Å². The highest BCUT2D eigenvalue weighted by Crippen LogP contribution is 2.38. The monoisotopic (exact) mass is 152 g/mol. The lowest BCUT2D eigenvalue weighted by Gasteiger charge is -2.12. The van der Waals surface area contributed by atoms with E-state index in [1.165, 1.54) is 19.3 Å². The first-order chi connectivity index (χ1) is 5.16. The highest BCUT2D eigenvalue weighted by Gasteiger charge is 2.24. The zero-order chi connectivity index (χ0) is 8.43. The third-order valence-corrected chi connectivity index (χ3v) is 3.35. The maximum absolute atomic E-state index is 2.38. The van der Waals surface area contributed by atoms with Gasteiger partial charge in [0.15, 0.2) is 0 Å². The van der Waals surface area contributed by atoms with Gasteiger partial charge in [0.05, 0.1) is 0 Å². The van der Waals surface area contributed by atoms with E-state index in [9.17, 15) is 0 Å². The van der Waals surface area contributed by atoms with Gasteiger partial charge in [0.25, 0.3) is 0 Å². The van der Waals surface area contributed by atoms with E-state index in [1.807, 2.05) is 0 Å². The molecule has 0 saturated heterocycles. The van der Waals surface area contributed by atoms with E-state index in [0.29, 0.717) is 0 Å². The highest BCUT2D eigenvalue weighted by molar-refractivity contribution is 5.18. The van der Waals surface area contributed by atoms with Crippen LogP contribution in [0.1, 0.15) is 47.0 Å². The maximum Gasteiger partial charge on any atom is -0.0203 e. The van der Waals surface area contributed by atoms with Crippen LogP contribution in [0.4, 0.5) is 0 Å². The maximum atomic E-state index is 2.38. The summed E-state index contributed by atoms with van der Waals surface area (Å²) in [7, 11) is 0. The van der Waals surface area contributed by atoms with Gasteiger partial charge in [-0.3, -0.25) is 0 Å². The Morgan fingerprint density at radius 1 is 1.45 bits per heavy atom. The smallest absolute Gasteiger partial charge is 0.0203 e. The molecule has 0 radical (unpaired) electrons. The van der Waals surface area contributed by atoms with E-state index < -0.39 is 0 Å². The summed E-state index contributed by atoms with van der Waals surface area (Å²) < 4.78 is 0. The van der Waals surface area contributed by atoms with Crippen molar-refractivity contribution < 1.29 is 0 Å². The van der Waals surface area contributed by atoms with E-state index in [-0.39, 0.29) is 0 Å². The van der Waals surface area contributed by atoms with E-state index >= 15 is 0 Å². The van der Waals surface area contributed by atoms with E-state index in [1.54, 1.807) is 11.1 Å². The summed E-state index contributed by atoms with van der Waals surface area (Å²) in [6, 6.07) is 0. The van der Waals surface area contributed by atoms with Crippen molar-refractivity contribution in [2.24, 2.45) is 11.8 Å². The Kier molecular flexibility index (Phi) is 2.75. The van der Waals surface area contributed by atoms with Crippen LogP contribution >= 0.6 is 0 Å². The molecule has 1 aliphatic rings. The van der Waals surface area contributed by atoms with E-state index in [2.05, 4.69) is 27.7 Å². The van der Waals surface area contributed by atoms with Gasteiger partial charge in [0, 0.05) is 0 Å². The predicted molar refractivity (Wildman–Crippen MR) is 50.6 cm³/mol. The molecular formula is C11H20. The number of rotatable bonds is 1. The molecule has 0 aliphatic heterocycles. The highest BCUT2D eigenvalue weighted by atomic mass is 14.3. The molecule has 11 heavy (non-hydrogen) atoms. The summed E-state index contributed by atoms with van der Waals surface area (Å²) in [6.45, 7) is 9.31. The van der Waals surface area contributed by atoms with Crippen LogP contribution in [-0.4, -0.2) is 0 Å². The molecule has 64 valence electrons. The summed E-state index contributed by atoms with van der Waals surface area (Å²) in [5, 5.41) is 0. The quantitative estimate of drug-likeness (QED) is 0.502. The molecule has 1 fully saturated rings. The van der Waals surface area contributed by atoms with Gasteiger partial charge in [-0.2, -0.15) is 0 Å². The Morgan fingerprint density at radius 2 is 2.09 bits per heavy atom. The second-order valence-electron chi connectivity index (χ2n) is 3.96. The van der Waals surface area contributed by atoms with Crippen LogP contribution in [0.25, 0.3) is 0 Å². The van der Waals surface area contributed by atoms with Crippen LogP contribution in [0, 0.1) is 11.8 Å². The summed E-state index contributed by atoms with van der Waals surface area (Å²) >= 11 is 0. The van der Waals surface area contributed by atoms with Crippen LogP contribution < -0.4 is 0 Å². The zero-order valence-corrected chi connectivity index (χ0v) is 8.28. The average molecular weight is 152 g/mol. The number of allylic oxidation sites excluding steroid dienone is 2. The third-order valence-electron chi connectivity index (χ3n) is 3.35. The number of hydrogen-bond donors (Lipinski definition) is 0. The first kappa shape index (κ1) is 8.83. The Hall–Kier alpha value is -0.260. The molecule has 0 spiro atoms.